The Bertz CT molecular complexity index is 1150. The Hall–Kier alpha value is -3.93. The average molecular weight is 371 g/mol. The smallest absolute Gasteiger partial charge is 0.408 e. The van der Waals surface area contributed by atoms with E-state index >= 15 is 0 Å². The van der Waals surface area contributed by atoms with Gasteiger partial charge in [0.1, 0.15) is 6.54 Å². The summed E-state index contributed by atoms with van der Waals surface area (Å²) in [5, 5.41) is 4.33. The van der Waals surface area contributed by atoms with Gasteiger partial charge in [-0.3, -0.25) is 9.36 Å². The lowest BCUT2D eigenvalue weighted by Gasteiger charge is -2.08. The van der Waals surface area contributed by atoms with Gasteiger partial charge >= 0.3 is 5.76 Å². The number of nitrogens with one attached hydrogen (secondary N) is 1. The number of hydrogen-bond acceptors (Lipinski definition) is 4. The first-order chi connectivity index (χ1) is 13.7. The molecule has 0 unspecified atom stereocenters. The molecule has 0 atom stereocenters. The number of carbonyl (C=O) groups excluding carboxylic acids is 1. The molecule has 1 N–H and O–H groups in total. The molecular weight excluding hydrogens is 354 g/mol. The van der Waals surface area contributed by atoms with E-state index in [4.69, 9.17) is 4.42 Å². The summed E-state index contributed by atoms with van der Waals surface area (Å²) >= 11 is 0. The predicted octanol–water partition coefficient (Wildman–Crippen LogP) is 3.16. The number of rotatable bonds is 5. The monoisotopic (exact) mass is 371 g/mol. The third-order valence-electron chi connectivity index (χ3n) is 4.26. The van der Waals surface area contributed by atoms with E-state index in [1.54, 1.807) is 24.3 Å². The quantitative estimate of drug-likeness (QED) is 0.432. The zero-order valence-corrected chi connectivity index (χ0v) is 14.9. The minimum Gasteiger partial charge on any atom is -0.408 e. The fourth-order valence-electron chi connectivity index (χ4n) is 2.95. The highest BCUT2D eigenvalue weighted by Gasteiger charge is 2.13. The highest BCUT2D eigenvalue weighted by molar-refractivity contribution is 6.13. The summed E-state index contributed by atoms with van der Waals surface area (Å²) in [6.45, 7) is -0.184. The molecule has 0 saturated carbocycles. The van der Waals surface area contributed by atoms with E-state index in [9.17, 15) is 9.59 Å². The maximum Gasteiger partial charge on any atom is 0.420 e. The summed E-state index contributed by atoms with van der Waals surface area (Å²) in [6.07, 6.45) is 0. The standard InChI is InChI=1S/C22H17N3O3/c26-20(15-25-18-13-7-8-14-19(18)28-22(25)27)23-24-21(16-9-3-1-4-10-16)17-11-5-2-6-12-17/h1-14H,15H2,(H,23,26). The fraction of sp³-hybridized carbons (Fsp3) is 0.0455. The van der Waals surface area contributed by atoms with E-state index in [-0.39, 0.29) is 6.54 Å². The number of fused-ring (bicyclic) bond motifs is 1. The van der Waals surface area contributed by atoms with Gasteiger partial charge in [-0.1, -0.05) is 72.8 Å². The molecule has 0 aliphatic rings. The molecule has 28 heavy (non-hydrogen) atoms. The molecular formula is C22H17N3O3. The Kier molecular flexibility index (Phi) is 4.84. The third-order valence-corrected chi connectivity index (χ3v) is 4.26. The van der Waals surface area contributed by atoms with Crippen LogP contribution in [0, 0.1) is 0 Å². The normalized spacial score (nSPS) is 10.6. The van der Waals surface area contributed by atoms with Crippen molar-refractivity contribution in [1.29, 1.82) is 0 Å². The van der Waals surface area contributed by atoms with Crippen LogP contribution < -0.4 is 11.2 Å². The summed E-state index contributed by atoms with van der Waals surface area (Å²) in [7, 11) is 0. The molecule has 3 aromatic carbocycles. The number of benzene rings is 3. The van der Waals surface area contributed by atoms with Crippen LogP contribution in [0.15, 0.2) is 99.2 Å². The van der Waals surface area contributed by atoms with Gasteiger partial charge in [-0.05, 0) is 12.1 Å². The molecule has 6 nitrogen and oxygen atoms in total. The van der Waals surface area contributed by atoms with E-state index in [1.807, 2.05) is 60.7 Å². The number of nitrogens with zero attached hydrogens (tertiary/aromatic N) is 2. The molecule has 4 rings (SSSR count). The zero-order valence-electron chi connectivity index (χ0n) is 14.9. The van der Waals surface area contributed by atoms with Crippen molar-refractivity contribution in [1.82, 2.24) is 9.99 Å². The number of oxazole rings is 1. The first-order valence-electron chi connectivity index (χ1n) is 8.78. The molecule has 0 saturated heterocycles. The molecule has 0 radical (unpaired) electrons. The summed E-state index contributed by atoms with van der Waals surface area (Å²) in [6, 6.07) is 26.1. The van der Waals surface area contributed by atoms with Crippen molar-refractivity contribution in [3.8, 4) is 0 Å². The molecule has 138 valence electrons. The van der Waals surface area contributed by atoms with Crippen LogP contribution in [0.25, 0.3) is 11.1 Å². The number of hydrazone groups is 1. The topological polar surface area (TPSA) is 76.6 Å². The van der Waals surface area contributed by atoms with E-state index < -0.39 is 11.7 Å². The Morgan fingerprint density at radius 1 is 0.857 bits per heavy atom. The van der Waals surface area contributed by atoms with Gasteiger partial charge in [0.25, 0.3) is 5.91 Å². The number of amides is 1. The van der Waals surface area contributed by atoms with Crippen molar-refractivity contribution < 1.29 is 9.21 Å². The van der Waals surface area contributed by atoms with Gasteiger partial charge < -0.3 is 4.42 Å². The van der Waals surface area contributed by atoms with Crippen molar-refractivity contribution in [2.75, 3.05) is 0 Å². The van der Waals surface area contributed by atoms with Crippen LogP contribution in [0.1, 0.15) is 11.1 Å². The van der Waals surface area contributed by atoms with E-state index in [0.717, 1.165) is 11.1 Å². The molecule has 6 heteroatoms. The van der Waals surface area contributed by atoms with Gasteiger partial charge in [0, 0.05) is 11.1 Å². The molecule has 0 bridgehead atoms. The second-order valence-electron chi connectivity index (χ2n) is 6.15. The van der Waals surface area contributed by atoms with E-state index in [2.05, 4.69) is 10.5 Å². The highest BCUT2D eigenvalue weighted by Crippen LogP contribution is 2.12. The van der Waals surface area contributed by atoms with Crippen LogP contribution in [0.4, 0.5) is 0 Å². The first-order valence-corrected chi connectivity index (χ1v) is 8.78. The van der Waals surface area contributed by atoms with Crippen LogP contribution in [0.5, 0.6) is 0 Å². The molecule has 4 aromatic rings. The number of para-hydroxylation sites is 2. The summed E-state index contributed by atoms with van der Waals surface area (Å²) < 4.78 is 6.44. The number of carbonyl (C=O) groups is 1. The Balaban J connectivity index is 1.61. The molecule has 0 spiro atoms. The van der Waals surface area contributed by atoms with Gasteiger partial charge in [0.2, 0.25) is 0 Å². The minimum absolute atomic E-state index is 0.184. The van der Waals surface area contributed by atoms with Gasteiger partial charge in [-0.2, -0.15) is 5.10 Å². The second-order valence-corrected chi connectivity index (χ2v) is 6.15. The van der Waals surface area contributed by atoms with Crippen LogP contribution in [0.2, 0.25) is 0 Å². The van der Waals surface area contributed by atoms with Gasteiger partial charge in [0.15, 0.2) is 5.58 Å². The zero-order chi connectivity index (χ0) is 19.3. The SMILES string of the molecule is O=C(Cn1c(=O)oc2ccccc21)NN=C(c1ccccc1)c1ccccc1. The summed E-state index contributed by atoms with van der Waals surface area (Å²) in [5.74, 6) is -0.996. The largest absolute Gasteiger partial charge is 0.420 e. The maximum absolute atomic E-state index is 12.5. The predicted molar refractivity (Wildman–Crippen MR) is 107 cm³/mol. The lowest BCUT2D eigenvalue weighted by atomic mass is 10.0. The minimum atomic E-state index is -0.577. The van der Waals surface area contributed by atoms with Gasteiger partial charge in [0.05, 0.1) is 11.2 Å². The highest BCUT2D eigenvalue weighted by atomic mass is 16.4. The fourth-order valence-corrected chi connectivity index (χ4v) is 2.95. The van der Waals surface area contributed by atoms with E-state index in [0.29, 0.717) is 16.8 Å². The Morgan fingerprint density at radius 2 is 1.43 bits per heavy atom. The average Bonchev–Trinajstić information content (AvgIpc) is 3.05. The van der Waals surface area contributed by atoms with Crippen molar-refractivity contribution >= 4 is 22.7 Å². The Labute approximate surface area is 160 Å². The van der Waals surface area contributed by atoms with Crippen molar-refractivity contribution in [3.63, 3.8) is 0 Å². The van der Waals surface area contributed by atoms with Crippen LogP contribution >= 0.6 is 0 Å². The second kappa shape index (κ2) is 7.75. The molecule has 1 heterocycles. The Morgan fingerprint density at radius 3 is 2.07 bits per heavy atom. The first kappa shape index (κ1) is 17.5. The van der Waals surface area contributed by atoms with Crippen LogP contribution in [-0.2, 0) is 11.3 Å². The van der Waals surface area contributed by atoms with E-state index in [1.165, 1.54) is 4.57 Å². The van der Waals surface area contributed by atoms with Crippen molar-refractivity contribution in [2.24, 2.45) is 5.10 Å². The van der Waals surface area contributed by atoms with Gasteiger partial charge in [-0.25, -0.2) is 10.2 Å². The third kappa shape index (κ3) is 3.61. The maximum atomic E-state index is 12.5. The lowest BCUT2D eigenvalue weighted by Crippen LogP contribution is -2.28. The van der Waals surface area contributed by atoms with Crippen LogP contribution in [-0.4, -0.2) is 16.2 Å². The number of hydrogen-bond donors (Lipinski definition) is 1. The molecule has 1 aromatic heterocycles. The van der Waals surface area contributed by atoms with Gasteiger partial charge in [-0.15, -0.1) is 0 Å². The van der Waals surface area contributed by atoms with Crippen LogP contribution in [0.3, 0.4) is 0 Å². The number of aromatic nitrogens is 1. The van der Waals surface area contributed by atoms with Crippen molar-refractivity contribution in [3.05, 3.63) is 107 Å². The molecule has 0 fully saturated rings. The van der Waals surface area contributed by atoms with Crippen molar-refractivity contribution in [2.45, 2.75) is 6.54 Å². The molecule has 0 aliphatic heterocycles. The lowest BCUT2D eigenvalue weighted by molar-refractivity contribution is -0.121. The molecule has 0 aliphatic carbocycles. The summed E-state index contributed by atoms with van der Waals surface area (Å²) in [5.41, 5.74) is 5.96. The summed E-state index contributed by atoms with van der Waals surface area (Å²) in [4.78, 5) is 24.5. The molecule has 1 amide bonds.